The van der Waals surface area contributed by atoms with E-state index in [4.69, 9.17) is 12.2 Å². The maximum atomic E-state index is 12.3. The molecule has 1 amide bonds. The fourth-order valence-corrected chi connectivity index (χ4v) is 3.63. The lowest BCUT2D eigenvalue weighted by Gasteiger charge is -2.25. The number of carbonyl (C=O) groups excluding carboxylic acids is 1. The molecule has 1 aromatic carbocycles. The van der Waals surface area contributed by atoms with Gasteiger partial charge in [0.1, 0.15) is 4.32 Å². The van der Waals surface area contributed by atoms with Crippen LogP contribution in [0.25, 0.3) is 6.08 Å². The van der Waals surface area contributed by atoms with Crippen molar-refractivity contribution in [2.45, 2.75) is 19.9 Å². The average molecular weight is 291 g/mol. The zero-order valence-corrected chi connectivity index (χ0v) is 12.7. The van der Waals surface area contributed by atoms with Crippen molar-refractivity contribution in [3.8, 4) is 0 Å². The van der Waals surface area contributed by atoms with E-state index in [2.05, 4.69) is 13.8 Å². The molecule has 0 aliphatic carbocycles. The van der Waals surface area contributed by atoms with Crippen LogP contribution in [0.2, 0.25) is 0 Å². The number of rotatable bonds is 3. The minimum Gasteiger partial charge on any atom is -0.290 e. The molecule has 0 saturated carbocycles. The Kier molecular flexibility index (Phi) is 4.77. The lowest BCUT2D eigenvalue weighted by atomic mass is 10.1. The molecule has 1 aromatic rings. The first-order valence-electron chi connectivity index (χ1n) is 6.32. The predicted octanol–water partition coefficient (Wildman–Crippen LogP) is 3.58. The lowest BCUT2D eigenvalue weighted by Crippen LogP contribution is -2.40. The first-order valence-corrected chi connectivity index (χ1v) is 7.72. The summed E-state index contributed by atoms with van der Waals surface area (Å²) in [6, 6.07) is 10.0. The van der Waals surface area contributed by atoms with Crippen LogP contribution in [0.4, 0.5) is 0 Å². The van der Waals surface area contributed by atoms with Gasteiger partial charge in [0, 0.05) is 11.8 Å². The Morgan fingerprint density at radius 2 is 2.11 bits per heavy atom. The molecule has 0 aromatic heterocycles. The monoisotopic (exact) mass is 291 g/mol. The molecule has 1 fully saturated rings. The molecule has 0 spiro atoms. The Labute approximate surface area is 123 Å². The maximum absolute atomic E-state index is 12.3. The van der Waals surface area contributed by atoms with Gasteiger partial charge in [-0.1, -0.05) is 68.2 Å². The largest absolute Gasteiger partial charge is 0.290 e. The number of nitrogens with zero attached hydrogens (tertiary/aromatic N) is 1. The highest BCUT2D eigenvalue weighted by Crippen LogP contribution is 2.29. The van der Waals surface area contributed by atoms with Gasteiger partial charge in [-0.2, -0.15) is 0 Å². The lowest BCUT2D eigenvalue weighted by molar-refractivity contribution is -0.123. The smallest absolute Gasteiger partial charge is 0.252 e. The van der Waals surface area contributed by atoms with Crippen molar-refractivity contribution >= 4 is 40.3 Å². The second-order valence-corrected chi connectivity index (χ2v) is 6.49. The molecule has 100 valence electrons. The van der Waals surface area contributed by atoms with E-state index in [-0.39, 0.29) is 11.9 Å². The highest BCUT2D eigenvalue weighted by molar-refractivity contribution is 8.23. The molecule has 19 heavy (non-hydrogen) atoms. The zero-order valence-electron chi connectivity index (χ0n) is 11.1. The molecule has 2 nitrogen and oxygen atoms in total. The Morgan fingerprint density at radius 1 is 1.42 bits per heavy atom. The van der Waals surface area contributed by atoms with Crippen molar-refractivity contribution in [2.75, 3.05) is 5.75 Å². The van der Waals surface area contributed by atoms with E-state index < -0.39 is 0 Å². The molecule has 1 heterocycles. The Balaban J connectivity index is 2.11. The number of amides is 1. The van der Waals surface area contributed by atoms with E-state index in [9.17, 15) is 4.79 Å². The van der Waals surface area contributed by atoms with Gasteiger partial charge in [-0.05, 0) is 17.6 Å². The van der Waals surface area contributed by atoms with Crippen LogP contribution in [-0.4, -0.2) is 26.9 Å². The molecule has 0 N–H and O–H groups in total. The van der Waals surface area contributed by atoms with Gasteiger partial charge in [0.25, 0.3) is 5.91 Å². The normalized spacial score (nSPS) is 19.6. The molecule has 0 unspecified atom stereocenters. The van der Waals surface area contributed by atoms with Crippen LogP contribution >= 0.6 is 24.0 Å². The Bertz CT molecular complexity index is 496. The average Bonchev–Trinajstić information content (AvgIpc) is 2.79. The Morgan fingerprint density at radius 3 is 2.74 bits per heavy atom. The summed E-state index contributed by atoms with van der Waals surface area (Å²) in [5.74, 6) is 1.31. The fourth-order valence-electron chi connectivity index (χ4n) is 1.99. The molecular weight excluding hydrogens is 274 g/mol. The predicted molar refractivity (Wildman–Crippen MR) is 86.0 cm³/mol. The third kappa shape index (κ3) is 3.45. The van der Waals surface area contributed by atoms with Gasteiger partial charge in [0.05, 0.1) is 6.04 Å². The van der Waals surface area contributed by atoms with E-state index >= 15 is 0 Å². The van der Waals surface area contributed by atoms with Crippen LogP contribution in [0.5, 0.6) is 0 Å². The third-order valence-electron chi connectivity index (χ3n) is 3.13. The topological polar surface area (TPSA) is 20.3 Å². The van der Waals surface area contributed by atoms with Gasteiger partial charge in [0.15, 0.2) is 0 Å². The van der Waals surface area contributed by atoms with Crippen LogP contribution in [0, 0.1) is 5.92 Å². The van der Waals surface area contributed by atoms with Crippen LogP contribution in [0.3, 0.4) is 0 Å². The van der Waals surface area contributed by atoms with Crippen molar-refractivity contribution in [3.05, 3.63) is 42.0 Å². The van der Waals surface area contributed by atoms with Crippen LogP contribution in [-0.2, 0) is 4.79 Å². The van der Waals surface area contributed by atoms with Crippen molar-refractivity contribution < 1.29 is 4.79 Å². The first-order chi connectivity index (χ1) is 9.09. The van der Waals surface area contributed by atoms with Crippen molar-refractivity contribution in [1.29, 1.82) is 0 Å². The molecule has 0 bridgehead atoms. The van der Waals surface area contributed by atoms with Gasteiger partial charge < -0.3 is 0 Å². The highest BCUT2D eigenvalue weighted by Gasteiger charge is 2.34. The number of hydrogen-bond donors (Lipinski definition) is 0. The highest BCUT2D eigenvalue weighted by atomic mass is 32.2. The van der Waals surface area contributed by atoms with Gasteiger partial charge >= 0.3 is 0 Å². The zero-order chi connectivity index (χ0) is 13.8. The number of thiocarbonyl (C=S) groups is 1. The summed E-state index contributed by atoms with van der Waals surface area (Å²) < 4.78 is 0.696. The minimum absolute atomic E-state index is 0.0162. The fraction of sp³-hybridized carbons (Fsp3) is 0.333. The van der Waals surface area contributed by atoms with E-state index in [1.807, 2.05) is 36.4 Å². The summed E-state index contributed by atoms with van der Waals surface area (Å²) in [5, 5.41) is 0. The first kappa shape index (κ1) is 14.3. The van der Waals surface area contributed by atoms with Gasteiger partial charge in [0.2, 0.25) is 0 Å². The number of carbonyl (C=O) groups is 1. The molecule has 0 radical (unpaired) electrons. The summed E-state index contributed by atoms with van der Waals surface area (Å²) >= 11 is 6.87. The van der Waals surface area contributed by atoms with Crippen molar-refractivity contribution in [2.24, 2.45) is 5.92 Å². The summed E-state index contributed by atoms with van der Waals surface area (Å²) in [7, 11) is 0. The molecule has 1 atom stereocenters. The molecule has 4 heteroatoms. The molecule has 2 rings (SSSR count). The van der Waals surface area contributed by atoms with Crippen molar-refractivity contribution in [3.63, 3.8) is 0 Å². The second-order valence-electron chi connectivity index (χ2n) is 4.84. The van der Waals surface area contributed by atoms with Crippen molar-refractivity contribution in [1.82, 2.24) is 4.90 Å². The van der Waals surface area contributed by atoms with E-state index in [0.29, 0.717) is 10.2 Å². The standard InChI is InChI=1S/C15H17NOS2/c1-11(2)13-10-19-15(18)16(13)14(17)9-8-12-6-4-3-5-7-12/h3-9,11,13H,10H2,1-2H3/b9-8-/t13-/m0/s1. The molecular formula is C15H17NOS2. The van der Waals surface area contributed by atoms with Gasteiger partial charge in [-0.25, -0.2) is 0 Å². The van der Waals surface area contributed by atoms with Crippen LogP contribution in [0.1, 0.15) is 19.4 Å². The second kappa shape index (κ2) is 6.35. The van der Waals surface area contributed by atoms with E-state index in [1.165, 1.54) is 0 Å². The molecule has 1 aliphatic heterocycles. The maximum Gasteiger partial charge on any atom is 0.252 e. The number of thioether (sulfide) groups is 1. The van der Waals surface area contributed by atoms with E-state index in [0.717, 1.165) is 11.3 Å². The molecule has 1 aliphatic rings. The SMILES string of the molecule is CC(C)[C@@H]1CSC(=S)N1C(=O)/C=C\c1ccccc1. The molecule has 1 saturated heterocycles. The minimum atomic E-state index is -0.0162. The Hall–Kier alpha value is -1.13. The summed E-state index contributed by atoms with van der Waals surface area (Å²) in [5.41, 5.74) is 1.02. The van der Waals surface area contributed by atoms with Crippen LogP contribution in [0.15, 0.2) is 36.4 Å². The number of benzene rings is 1. The third-order valence-corrected chi connectivity index (χ3v) is 4.63. The van der Waals surface area contributed by atoms with Gasteiger partial charge in [-0.3, -0.25) is 9.69 Å². The number of hydrogen-bond acceptors (Lipinski definition) is 3. The van der Waals surface area contributed by atoms with E-state index in [1.54, 1.807) is 22.7 Å². The summed E-state index contributed by atoms with van der Waals surface area (Å²) in [4.78, 5) is 14.0. The summed E-state index contributed by atoms with van der Waals surface area (Å²) in [6.45, 7) is 4.25. The van der Waals surface area contributed by atoms with Gasteiger partial charge in [-0.15, -0.1) is 0 Å². The summed E-state index contributed by atoms with van der Waals surface area (Å²) in [6.07, 6.45) is 3.45. The quantitative estimate of drug-likeness (QED) is 0.627. The van der Waals surface area contributed by atoms with Crippen LogP contribution < -0.4 is 0 Å².